The molecule has 0 spiro atoms. The lowest BCUT2D eigenvalue weighted by Gasteiger charge is -1.99. The number of benzene rings is 1. The summed E-state index contributed by atoms with van der Waals surface area (Å²) in [5.41, 5.74) is 0.342. The molecule has 1 aromatic rings. The fourth-order valence-electron chi connectivity index (χ4n) is 0.646. The zero-order valence-electron chi connectivity index (χ0n) is 5.34. The van der Waals surface area contributed by atoms with Crippen LogP contribution < -0.4 is 0 Å². The number of phenols is 1. The quantitative estimate of drug-likeness (QED) is 0.606. The van der Waals surface area contributed by atoms with E-state index in [1.165, 1.54) is 0 Å². The number of aldehydes is 1. The summed E-state index contributed by atoms with van der Waals surface area (Å²) in [5, 5.41) is 9.18. The molecule has 4 heteroatoms. The number of aromatic hydroxyl groups is 1. The predicted molar refractivity (Wildman–Crippen MR) is 58.9 cm³/mol. The SMILES string of the molecule is O=Cc1cc(I)c(I)cc1O. The molecule has 0 unspecified atom stereocenters. The fraction of sp³-hybridized carbons (Fsp3) is 0. The zero-order valence-corrected chi connectivity index (χ0v) is 9.66. The maximum atomic E-state index is 10.3. The Morgan fingerprint density at radius 2 is 1.82 bits per heavy atom. The highest BCUT2D eigenvalue weighted by atomic mass is 127. The molecule has 0 aromatic heterocycles. The van der Waals surface area contributed by atoms with Crippen molar-refractivity contribution < 1.29 is 9.90 Å². The van der Waals surface area contributed by atoms with Gasteiger partial charge in [-0.05, 0) is 57.3 Å². The van der Waals surface area contributed by atoms with E-state index in [4.69, 9.17) is 0 Å². The monoisotopic (exact) mass is 374 g/mol. The van der Waals surface area contributed by atoms with Crippen molar-refractivity contribution >= 4 is 51.5 Å². The van der Waals surface area contributed by atoms with E-state index in [1.807, 2.05) is 0 Å². The third kappa shape index (κ3) is 2.05. The minimum absolute atomic E-state index is 0.0461. The maximum Gasteiger partial charge on any atom is 0.153 e. The van der Waals surface area contributed by atoms with Gasteiger partial charge < -0.3 is 5.11 Å². The first kappa shape index (κ1) is 9.24. The predicted octanol–water partition coefficient (Wildman–Crippen LogP) is 2.41. The molecule has 0 aliphatic heterocycles. The molecule has 2 nitrogen and oxygen atoms in total. The topological polar surface area (TPSA) is 37.3 Å². The van der Waals surface area contributed by atoms with Crippen molar-refractivity contribution in [2.45, 2.75) is 0 Å². The van der Waals surface area contributed by atoms with Gasteiger partial charge in [-0.15, -0.1) is 0 Å². The first-order chi connectivity index (χ1) is 5.15. The van der Waals surface area contributed by atoms with Gasteiger partial charge in [0.15, 0.2) is 6.29 Å². The second-order valence-corrected chi connectivity index (χ2v) is 4.27. The van der Waals surface area contributed by atoms with Crippen LogP contribution in [0.4, 0.5) is 0 Å². The largest absolute Gasteiger partial charge is 0.507 e. The first-order valence-corrected chi connectivity index (χ1v) is 4.94. The Morgan fingerprint density at radius 1 is 1.27 bits per heavy atom. The van der Waals surface area contributed by atoms with E-state index in [1.54, 1.807) is 12.1 Å². The smallest absolute Gasteiger partial charge is 0.153 e. The zero-order chi connectivity index (χ0) is 8.43. The van der Waals surface area contributed by atoms with Gasteiger partial charge in [0.05, 0.1) is 5.56 Å². The average molecular weight is 374 g/mol. The minimum Gasteiger partial charge on any atom is -0.507 e. The van der Waals surface area contributed by atoms with Crippen molar-refractivity contribution in [3.63, 3.8) is 0 Å². The number of phenolic OH excluding ortho intramolecular Hbond substituents is 1. The molecule has 0 aliphatic carbocycles. The van der Waals surface area contributed by atoms with Crippen molar-refractivity contribution in [3.8, 4) is 5.75 Å². The molecular weight excluding hydrogens is 370 g/mol. The normalized spacial score (nSPS) is 9.64. The van der Waals surface area contributed by atoms with Crippen LogP contribution in [-0.2, 0) is 0 Å². The van der Waals surface area contributed by atoms with Crippen LogP contribution in [0.3, 0.4) is 0 Å². The van der Waals surface area contributed by atoms with Gasteiger partial charge in [-0.25, -0.2) is 0 Å². The van der Waals surface area contributed by atoms with Crippen LogP contribution in [0.2, 0.25) is 0 Å². The molecule has 0 radical (unpaired) electrons. The summed E-state index contributed by atoms with van der Waals surface area (Å²) in [5.74, 6) is 0.0461. The lowest BCUT2D eigenvalue weighted by atomic mass is 10.2. The standard InChI is InChI=1S/C7H4I2O2/c8-5-1-4(3-10)7(11)2-6(5)9/h1-3,11H. The number of hydrogen-bond acceptors (Lipinski definition) is 2. The third-order valence-electron chi connectivity index (χ3n) is 1.20. The Kier molecular flexibility index (Phi) is 3.11. The van der Waals surface area contributed by atoms with Crippen molar-refractivity contribution in [1.29, 1.82) is 0 Å². The average Bonchev–Trinajstić information content (AvgIpc) is 1.97. The Balaban J connectivity index is 3.31. The molecule has 0 saturated heterocycles. The second kappa shape index (κ2) is 3.70. The number of halogens is 2. The van der Waals surface area contributed by atoms with E-state index >= 15 is 0 Å². The Bertz CT molecular complexity index is 297. The number of carbonyl (C=O) groups excluding carboxylic acids is 1. The summed E-state index contributed by atoms with van der Waals surface area (Å²) in [4.78, 5) is 10.3. The van der Waals surface area contributed by atoms with Gasteiger partial charge in [0.1, 0.15) is 5.75 Å². The highest BCUT2D eigenvalue weighted by molar-refractivity contribution is 14.1. The summed E-state index contributed by atoms with van der Waals surface area (Å²) in [6.07, 6.45) is 0.646. The van der Waals surface area contributed by atoms with Gasteiger partial charge in [-0.1, -0.05) is 0 Å². The van der Waals surface area contributed by atoms with E-state index in [9.17, 15) is 9.90 Å². The molecular formula is C7H4I2O2. The van der Waals surface area contributed by atoms with E-state index in [0.717, 1.165) is 7.14 Å². The Hall–Kier alpha value is 0.150. The van der Waals surface area contributed by atoms with Crippen LogP contribution in [0.1, 0.15) is 10.4 Å². The fourth-order valence-corrected chi connectivity index (χ4v) is 1.59. The molecule has 58 valence electrons. The summed E-state index contributed by atoms with van der Waals surface area (Å²) in [7, 11) is 0. The van der Waals surface area contributed by atoms with Crippen LogP contribution in [0, 0.1) is 7.14 Å². The Labute approximate surface area is 91.3 Å². The van der Waals surface area contributed by atoms with Crippen molar-refractivity contribution in [1.82, 2.24) is 0 Å². The molecule has 0 amide bonds. The van der Waals surface area contributed by atoms with Crippen molar-refractivity contribution in [2.24, 2.45) is 0 Å². The summed E-state index contributed by atoms with van der Waals surface area (Å²) in [6, 6.07) is 3.23. The van der Waals surface area contributed by atoms with Gasteiger partial charge in [-0.2, -0.15) is 0 Å². The number of hydrogen-bond donors (Lipinski definition) is 1. The molecule has 1 N–H and O–H groups in total. The van der Waals surface area contributed by atoms with Gasteiger partial charge in [0.2, 0.25) is 0 Å². The van der Waals surface area contributed by atoms with Gasteiger partial charge in [-0.3, -0.25) is 4.79 Å². The number of rotatable bonds is 1. The number of carbonyl (C=O) groups is 1. The molecule has 0 bridgehead atoms. The molecule has 0 atom stereocenters. The molecule has 1 rings (SSSR count). The Morgan fingerprint density at radius 3 is 2.36 bits per heavy atom. The molecule has 1 aromatic carbocycles. The van der Waals surface area contributed by atoms with E-state index < -0.39 is 0 Å². The summed E-state index contributed by atoms with van der Waals surface area (Å²) >= 11 is 4.21. The molecule has 0 fully saturated rings. The van der Waals surface area contributed by atoms with Crippen LogP contribution in [-0.4, -0.2) is 11.4 Å². The highest BCUT2D eigenvalue weighted by Crippen LogP contribution is 2.23. The summed E-state index contributed by atoms with van der Waals surface area (Å²) < 4.78 is 1.93. The lowest BCUT2D eigenvalue weighted by Crippen LogP contribution is -1.86. The third-order valence-corrected chi connectivity index (χ3v) is 4.01. The van der Waals surface area contributed by atoms with Crippen LogP contribution in [0.25, 0.3) is 0 Å². The molecule has 0 heterocycles. The van der Waals surface area contributed by atoms with Gasteiger partial charge in [0, 0.05) is 7.14 Å². The van der Waals surface area contributed by atoms with Crippen LogP contribution >= 0.6 is 45.2 Å². The first-order valence-electron chi connectivity index (χ1n) is 2.78. The van der Waals surface area contributed by atoms with Crippen molar-refractivity contribution in [3.05, 3.63) is 24.8 Å². The molecule has 0 aliphatic rings. The van der Waals surface area contributed by atoms with Crippen LogP contribution in [0.5, 0.6) is 5.75 Å². The second-order valence-electron chi connectivity index (χ2n) is 1.94. The molecule has 11 heavy (non-hydrogen) atoms. The summed E-state index contributed by atoms with van der Waals surface area (Å²) in [6.45, 7) is 0. The van der Waals surface area contributed by atoms with Gasteiger partial charge >= 0.3 is 0 Å². The maximum absolute atomic E-state index is 10.3. The minimum atomic E-state index is 0.0461. The van der Waals surface area contributed by atoms with E-state index in [-0.39, 0.29) is 5.75 Å². The van der Waals surface area contributed by atoms with Crippen LogP contribution in [0.15, 0.2) is 12.1 Å². The lowest BCUT2D eigenvalue weighted by molar-refractivity contribution is 0.112. The molecule has 0 saturated carbocycles. The van der Waals surface area contributed by atoms with Gasteiger partial charge in [0.25, 0.3) is 0 Å². The van der Waals surface area contributed by atoms with E-state index in [0.29, 0.717) is 11.8 Å². The highest BCUT2D eigenvalue weighted by Gasteiger charge is 2.03. The van der Waals surface area contributed by atoms with Crippen molar-refractivity contribution in [2.75, 3.05) is 0 Å². The van der Waals surface area contributed by atoms with E-state index in [2.05, 4.69) is 45.2 Å².